The van der Waals surface area contributed by atoms with Crippen molar-refractivity contribution in [2.45, 2.75) is 23.8 Å². The van der Waals surface area contributed by atoms with Gasteiger partial charge < -0.3 is 4.90 Å². The molecule has 0 radical (unpaired) electrons. The first-order chi connectivity index (χ1) is 10.1. The topological polar surface area (TPSA) is 49.4 Å². The summed E-state index contributed by atoms with van der Waals surface area (Å²) in [5.41, 5.74) is 0. The summed E-state index contributed by atoms with van der Waals surface area (Å²) in [6.07, 6.45) is 2.19. The molecule has 1 aliphatic rings. The van der Waals surface area contributed by atoms with E-state index in [4.69, 9.17) is 0 Å². The lowest BCUT2D eigenvalue weighted by Crippen LogP contribution is -2.38. The van der Waals surface area contributed by atoms with Crippen molar-refractivity contribution in [3.8, 4) is 0 Å². The maximum atomic E-state index is 12.6. The third-order valence-electron chi connectivity index (χ3n) is 4.22. The molecule has 1 unspecified atom stereocenters. The van der Waals surface area contributed by atoms with Crippen LogP contribution in [-0.4, -0.2) is 39.5 Å². The predicted octanol–water partition coefficient (Wildman–Crippen LogP) is 2.21. The molecule has 1 aliphatic heterocycles. The molecule has 1 saturated heterocycles. The predicted molar refractivity (Wildman–Crippen MR) is 84.8 cm³/mol. The summed E-state index contributed by atoms with van der Waals surface area (Å²) in [6.45, 7) is 1.52. The maximum Gasteiger partial charge on any atom is 0.241 e. The van der Waals surface area contributed by atoms with Crippen molar-refractivity contribution >= 4 is 20.8 Å². The van der Waals surface area contributed by atoms with Crippen LogP contribution in [0.3, 0.4) is 0 Å². The molecule has 4 nitrogen and oxygen atoms in total. The fraction of sp³-hybridized carbons (Fsp3) is 0.375. The molecule has 112 valence electrons. The Morgan fingerprint density at radius 1 is 1.19 bits per heavy atom. The third kappa shape index (κ3) is 2.95. The molecule has 1 N–H and O–H groups in total. The van der Waals surface area contributed by atoms with E-state index >= 15 is 0 Å². The summed E-state index contributed by atoms with van der Waals surface area (Å²) < 4.78 is 27.9. The first-order valence-electron chi connectivity index (χ1n) is 7.25. The van der Waals surface area contributed by atoms with E-state index in [1.807, 2.05) is 37.4 Å². The van der Waals surface area contributed by atoms with Crippen LogP contribution >= 0.6 is 0 Å². The normalized spacial score (nSPS) is 20.1. The molecule has 1 fully saturated rings. The van der Waals surface area contributed by atoms with Crippen LogP contribution in [0.4, 0.5) is 0 Å². The fourth-order valence-corrected chi connectivity index (χ4v) is 4.25. The molecule has 1 atom stereocenters. The van der Waals surface area contributed by atoms with Gasteiger partial charge in [0.25, 0.3) is 0 Å². The van der Waals surface area contributed by atoms with Crippen LogP contribution in [0, 0.1) is 0 Å². The van der Waals surface area contributed by atoms with E-state index in [1.165, 1.54) is 0 Å². The van der Waals surface area contributed by atoms with Gasteiger partial charge in [-0.15, -0.1) is 0 Å². The van der Waals surface area contributed by atoms with Crippen LogP contribution in [0.1, 0.15) is 12.8 Å². The lowest BCUT2D eigenvalue weighted by Gasteiger charge is -2.20. The van der Waals surface area contributed by atoms with Gasteiger partial charge in [0.15, 0.2) is 0 Å². The Hall–Kier alpha value is -1.43. The zero-order valence-corrected chi connectivity index (χ0v) is 12.9. The number of sulfonamides is 1. The minimum atomic E-state index is -3.47. The van der Waals surface area contributed by atoms with Gasteiger partial charge in [-0.1, -0.05) is 36.4 Å². The van der Waals surface area contributed by atoms with Crippen molar-refractivity contribution in [3.63, 3.8) is 0 Å². The van der Waals surface area contributed by atoms with Gasteiger partial charge in [-0.25, -0.2) is 13.1 Å². The summed E-state index contributed by atoms with van der Waals surface area (Å²) >= 11 is 0. The molecular formula is C16H20N2O2S. The monoisotopic (exact) mass is 304 g/mol. The van der Waals surface area contributed by atoms with E-state index < -0.39 is 10.0 Å². The molecule has 0 saturated carbocycles. The van der Waals surface area contributed by atoms with Gasteiger partial charge in [0.1, 0.15) is 0 Å². The van der Waals surface area contributed by atoms with E-state index in [9.17, 15) is 8.42 Å². The van der Waals surface area contributed by atoms with E-state index in [0.29, 0.717) is 17.5 Å². The van der Waals surface area contributed by atoms with Gasteiger partial charge in [-0.3, -0.25) is 0 Å². The summed E-state index contributed by atoms with van der Waals surface area (Å²) in [4.78, 5) is 2.58. The first-order valence-corrected chi connectivity index (χ1v) is 8.74. The lowest BCUT2D eigenvalue weighted by atomic mass is 10.1. The number of fused-ring (bicyclic) bond motifs is 1. The second kappa shape index (κ2) is 5.75. The Kier molecular flexibility index (Phi) is 3.97. The van der Waals surface area contributed by atoms with Crippen molar-refractivity contribution in [2.75, 3.05) is 20.1 Å². The minimum absolute atomic E-state index is 0.301. The van der Waals surface area contributed by atoms with Gasteiger partial charge in [-0.05, 0) is 37.9 Å². The Bertz CT molecular complexity index is 738. The van der Waals surface area contributed by atoms with Crippen molar-refractivity contribution in [1.82, 2.24) is 9.62 Å². The molecule has 21 heavy (non-hydrogen) atoms. The smallest absolute Gasteiger partial charge is 0.241 e. The Morgan fingerprint density at radius 3 is 2.71 bits per heavy atom. The molecule has 5 heteroatoms. The Balaban J connectivity index is 1.86. The number of hydrogen-bond donors (Lipinski definition) is 1. The van der Waals surface area contributed by atoms with Gasteiger partial charge in [0.2, 0.25) is 10.0 Å². The highest BCUT2D eigenvalue weighted by Gasteiger charge is 2.24. The molecule has 0 aromatic heterocycles. The number of hydrogen-bond acceptors (Lipinski definition) is 3. The van der Waals surface area contributed by atoms with Crippen LogP contribution in [0.25, 0.3) is 10.8 Å². The molecule has 1 heterocycles. The first kappa shape index (κ1) is 14.5. The molecule has 0 aliphatic carbocycles. The standard InChI is InChI=1S/C16H20N2O2S/c1-18-11-5-8-14(18)12-17-21(19,20)16-10-4-7-13-6-2-3-9-15(13)16/h2-4,6-7,9-10,14,17H,5,8,11-12H2,1H3. The summed E-state index contributed by atoms with van der Waals surface area (Å²) in [5, 5.41) is 1.71. The van der Waals surface area contributed by atoms with Crippen LogP contribution < -0.4 is 4.72 Å². The molecule has 2 aromatic rings. The highest BCUT2D eigenvalue weighted by Crippen LogP contribution is 2.23. The number of likely N-dealkylation sites (tertiary alicyclic amines) is 1. The number of rotatable bonds is 4. The summed E-state index contributed by atoms with van der Waals surface area (Å²) in [7, 11) is -1.43. The molecule has 0 spiro atoms. The van der Waals surface area contributed by atoms with E-state index in [1.54, 1.807) is 12.1 Å². The summed E-state index contributed by atoms with van der Waals surface area (Å²) in [6, 6.07) is 13.3. The number of nitrogens with one attached hydrogen (secondary N) is 1. The molecule has 3 rings (SSSR count). The summed E-state index contributed by atoms with van der Waals surface area (Å²) in [5.74, 6) is 0. The van der Waals surface area contributed by atoms with Crippen molar-refractivity contribution in [2.24, 2.45) is 0 Å². The van der Waals surface area contributed by atoms with Gasteiger partial charge in [0.05, 0.1) is 4.90 Å². The molecular weight excluding hydrogens is 284 g/mol. The minimum Gasteiger partial charge on any atom is -0.302 e. The second-order valence-electron chi connectivity index (χ2n) is 5.61. The van der Waals surface area contributed by atoms with Gasteiger partial charge >= 0.3 is 0 Å². The highest BCUT2D eigenvalue weighted by atomic mass is 32.2. The molecule has 2 aromatic carbocycles. The SMILES string of the molecule is CN1CCCC1CNS(=O)(=O)c1cccc2ccccc12. The number of likely N-dealkylation sites (N-methyl/N-ethyl adjacent to an activating group) is 1. The van der Waals surface area contributed by atoms with E-state index in [-0.39, 0.29) is 0 Å². The van der Waals surface area contributed by atoms with Crippen LogP contribution in [0.2, 0.25) is 0 Å². The zero-order chi connectivity index (χ0) is 14.9. The van der Waals surface area contributed by atoms with Crippen LogP contribution in [-0.2, 0) is 10.0 Å². The quantitative estimate of drug-likeness (QED) is 0.942. The molecule has 0 amide bonds. The lowest BCUT2D eigenvalue weighted by molar-refractivity contribution is 0.311. The molecule has 0 bridgehead atoms. The van der Waals surface area contributed by atoms with Gasteiger partial charge in [0, 0.05) is 18.0 Å². The van der Waals surface area contributed by atoms with E-state index in [2.05, 4.69) is 9.62 Å². The van der Waals surface area contributed by atoms with E-state index in [0.717, 1.165) is 30.2 Å². The third-order valence-corrected chi connectivity index (χ3v) is 5.70. The largest absolute Gasteiger partial charge is 0.302 e. The Morgan fingerprint density at radius 2 is 1.95 bits per heavy atom. The zero-order valence-electron chi connectivity index (χ0n) is 12.1. The van der Waals surface area contributed by atoms with Gasteiger partial charge in [-0.2, -0.15) is 0 Å². The van der Waals surface area contributed by atoms with Crippen LogP contribution in [0.15, 0.2) is 47.4 Å². The number of nitrogens with zero attached hydrogens (tertiary/aromatic N) is 1. The number of benzene rings is 2. The second-order valence-corrected chi connectivity index (χ2v) is 7.34. The van der Waals surface area contributed by atoms with Crippen molar-refractivity contribution in [3.05, 3.63) is 42.5 Å². The average Bonchev–Trinajstić information content (AvgIpc) is 2.90. The highest BCUT2D eigenvalue weighted by molar-refractivity contribution is 7.89. The fourth-order valence-electron chi connectivity index (χ4n) is 2.95. The van der Waals surface area contributed by atoms with Crippen molar-refractivity contribution < 1.29 is 8.42 Å². The van der Waals surface area contributed by atoms with Crippen molar-refractivity contribution in [1.29, 1.82) is 0 Å². The maximum absolute atomic E-state index is 12.6. The van der Waals surface area contributed by atoms with Crippen LogP contribution in [0.5, 0.6) is 0 Å². The average molecular weight is 304 g/mol. The Labute approximate surface area is 125 Å².